The van der Waals surface area contributed by atoms with Gasteiger partial charge in [-0.15, -0.1) is 11.8 Å². The number of benzene rings is 2. The third-order valence-corrected chi connectivity index (χ3v) is 4.75. The van der Waals surface area contributed by atoms with E-state index in [1.165, 1.54) is 16.7 Å². The molecule has 0 aromatic heterocycles. The molecule has 0 aliphatic rings. The molecule has 0 bridgehead atoms. The molecule has 0 radical (unpaired) electrons. The maximum atomic E-state index is 11.9. The zero-order valence-electron chi connectivity index (χ0n) is 14.6. The first-order chi connectivity index (χ1) is 11.6. The van der Waals surface area contributed by atoms with Crippen molar-refractivity contribution in [3.05, 3.63) is 64.7 Å². The Hall–Kier alpha value is -1.94. The quantitative estimate of drug-likeness (QED) is 0.735. The van der Waals surface area contributed by atoms with E-state index in [1.807, 2.05) is 31.2 Å². The summed E-state index contributed by atoms with van der Waals surface area (Å²) in [7, 11) is 0. The van der Waals surface area contributed by atoms with Gasteiger partial charge in [-0.3, -0.25) is 4.79 Å². The Balaban J connectivity index is 1.62. The molecule has 0 saturated carbocycles. The van der Waals surface area contributed by atoms with E-state index < -0.39 is 0 Å². The topological polar surface area (TPSA) is 38.3 Å². The molecule has 0 spiro atoms. The largest absolute Gasteiger partial charge is 0.491 e. The minimum absolute atomic E-state index is 0.0535. The van der Waals surface area contributed by atoms with Crippen molar-refractivity contribution in [1.29, 1.82) is 0 Å². The summed E-state index contributed by atoms with van der Waals surface area (Å²) in [5.41, 5.74) is 4.90. The van der Waals surface area contributed by atoms with Crippen LogP contribution in [0.3, 0.4) is 0 Å². The van der Waals surface area contributed by atoms with E-state index in [0.717, 1.165) is 17.1 Å². The normalized spacial score (nSPS) is 10.5. The Labute approximate surface area is 148 Å². The maximum Gasteiger partial charge on any atom is 0.230 e. The number of aryl methyl sites for hydroxylation is 3. The predicted octanol–water partition coefficient (Wildman–Crippen LogP) is 4.04. The van der Waals surface area contributed by atoms with Gasteiger partial charge in [0.15, 0.2) is 0 Å². The summed E-state index contributed by atoms with van der Waals surface area (Å²) < 4.78 is 5.71. The molecule has 0 aliphatic carbocycles. The summed E-state index contributed by atoms with van der Waals surface area (Å²) in [4.78, 5) is 11.9. The van der Waals surface area contributed by atoms with Crippen molar-refractivity contribution in [1.82, 2.24) is 5.32 Å². The number of hydrogen-bond donors (Lipinski definition) is 1. The van der Waals surface area contributed by atoms with Crippen LogP contribution in [-0.4, -0.2) is 24.8 Å². The van der Waals surface area contributed by atoms with Crippen LogP contribution in [0, 0.1) is 20.8 Å². The summed E-state index contributed by atoms with van der Waals surface area (Å²) in [5, 5.41) is 2.90. The average molecular weight is 343 g/mol. The Morgan fingerprint density at radius 1 is 1.08 bits per heavy atom. The molecule has 0 fully saturated rings. The molecular formula is C20H25NO2S. The van der Waals surface area contributed by atoms with E-state index in [9.17, 15) is 4.79 Å². The Kier molecular flexibility index (Phi) is 7.19. The number of amides is 1. The first-order valence-electron chi connectivity index (χ1n) is 8.15. The molecule has 4 heteroatoms. The van der Waals surface area contributed by atoms with Crippen LogP contribution in [0.1, 0.15) is 22.3 Å². The van der Waals surface area contributed by atoms with Crippen LogP contribution in [0.2, 0.25) is 0 Å². The lowest BCUT2D eigenvalue weighted by Gasteiger charge is -2.10. The van der Waals surface area contributed by atoms with E-state index in [4.69, 9.17) is 4.74 Å². The number of carbonyl (C=O) groups excluding carboxylic acids is 1. The van der Waals surface area contributed by atoms with Crippen LogP contribution >= 0.6 is 11.8 Å². The molecule has 0 atom stereocenters. The highest BCUT2D eigenvalue weighted by molar-refractivity contribution is 7.99. The first kappa shape index (κ1) is 18.4. The van der Waals surface area contributed by atoms with Crippen molar-refractivity contribution in [2.45, 2.75) is 26.5 Å². The average Bonchev–Trinajstić information content (AvgIpc) is 2.55. The number of carbonyl (C=O) groups is 1. The van der Waals surface area contributed by atoms with Crippen LogP contribution in [-0.2, 0) is 10.5 Å². The monoisotopic (exact) mass is 343 g/mol. The summed E-state index contributed by atoms with van der Waals surface area (Å²) in [6.45, 7) is 7.20. The summed E-state index contributed by atoms with van der Waals surface area (Å²) >= 11 is 1.63. The van der Waals surface area contributed by atoms with Crippen LogP contribution in [0.15, 0.2) is 42.5 Å². The maximum absolute atomic E-state index is 11.9. The summed E-state index contributed by atoms with van der Waals surface area (Å²) in [6, 6.07) is 14.4. The third kappa shape index (κ3) is 5.93. The van der Waals surface area contributed by atoms with E-state index in [0.29, 0.717) is 18.9 Å². The molecular weight excluding hydrogens is 318 g/mol. The molecule has 0 saturated heterocycles. The molecule has 0 aliphatic heterocycles. The van der Waals surface area contributed by atoms with Crippen molar-refractivity contribution in [2.24, 2.45) is 0 Å². The van der Waals surface area contributed by atoms with Crippen LogP contribution in [0.4, 0.5) is 0 Å². The van der Waals surface area contributed by atoms with Crippen molar-refractivity contribution in [3.8, 4) is 5.75 Å². The van der Waals surface area contributed by atoms with Gasteiger partial charge < -0.3 is 10.1 Å². The molecule has 2 aromatic carbocycles. The molecule has 2 aromatic rings. The Morgan fingerprint density at radius 2 is 1.88 bits per heavy atom. The second kappa shape index (κ2) is 9.38. The molecule has 24 heavy (non-hydrogen) atoms. The van der Waals surface area contributed by atoms with Gasteiger partial charge >= 0.3 is 0 Å². The van der Waals surface area contributed by atoms with Crippen LogP contribution < -0.4 is 10.1 Å². The highest BCUT2D eigenvalue weighted by atomic mass is 32.2. The molecule has 2 rings (SSSR count). The molecule has 128 valence electrons. The van der Waals surface area contributed by atoms with Gasteiger partial charge in [0.25, 0.3) is 0 Å². The van der Waals surface area contributed by atoms with Crippen molar-refractivity contribution in [2.75, 3.05) is 18.9 Å². The lowest BCUT2D eigenvalue weighted by molar-refractivity contribution is -0.118. The van der Waals surface area contributed by atoms with Gasteiger partial charge in [0.05, 0.1) is 12.3 Å². The predicted molar refractivity (Wildman–Crippen MR) is 102 cm³/mol. The fraction of sp³-hybridized carbons (Fsp3) is 0.350. The summed E-state index contributed by atoms with van der Waals surface area (Å²) in [6.07, 6.45) is 0. The molecule has 0 unspecified atom stereocenters. The molecule has 1 amide bonds. The highest BCUT2D eigenvalue weighted by Crippen LogP contribution is 2.18. The van der Waals surface area contributed by atoms with Gasteiger partial charge in [0.1, 0.15) is 12.4 Å². The van der Waals surface area contributed by atoms with Gasteiger partial charge in [-0.05, 0) is 43.5 Å². The summed E-state index contributed by atoms with van der Waals surface area (Å²) in [5.74, 6) is 2.26. The minimum Gasteiger partial charge on any atom is -0.491 e. The standard InChI is InChI=1S/C20H25NO2S/c1-15-8-9-19(17(3)12-15)23-11-10-21-20(22)14-24-13-18-7-5-4-6-16(18)2/h4-9,12H,10-11,13-14H2,1-3H3,(H,21,22). The van der Waals surface area contributed by atoms with Gasteiger partial charge in [0, 0.05) is 5.75 Å². The van der Waals surface area contributed by atoms with Crippen molar-refractivity contribution >= 4 is 17.7 Å². The van der Waals surface area contributed by atoms with E-state index in [2.05, 4.69) is 37.4 Å². The zero-order chi connectivity index (χ0) is 17.4. The fourth-order valence-corrected chi connectivity index (χ4v) is 3.32. The number of nitrogens with one attached hydrogen (secondary N) is 1. The fourth-order valence-electron chi connectivity index (χ4n) is 2.39. The minimum atomic E-state index is 0.0535. The van der Waals surface area contributed by atoms with E-state index >= 15 is 0 Å². The van der Waals surface area contributed by atoms with Gasteiger partial charge in [-0.25, -0.2) is 0 Å². The number of rotatable bonds is 8. The lowest BCUT2D eigenvalue weighted by Crippen LogP contribution is -2.29. The van der Waals surface area contributed by atoms with E-state index in [-0.39, 0.29) is 5.91 Å². The number of thioether (sulfide) groups is 1. The Bertz CT molecular complexity index is 685. The van der Waals surface area contributed by atoms with Gasteiger partial charge in [-0.2, -0.15) is 0 Å². The molecule has 0 heterocycles. The number of ether oxygens (including phenoxy) is 1. The molecule has 3 nitrogen and oxygen atoms in total. The Morgan fingerprint density at radius 3 is 2.62 bits per heavy atom. The molecule has 1 N–H and O–H groups in total. The van der Waals surface area contributed by atoms with Gasteiger partial charge in [-0.1, -0.05) is 42.0 Å². The van der Waals surface area contributed by atoms with Crippen molar-refractivity contribution < 1.29 is 9.53 Å². The van der Waals surface area contributed by atoms with E-state index in [1.54, 1.807) is 11.8 Å². The SMILES string of the molecule is Cc1ccc(OCCNC(=O)CSCc2ccccc2C)c(C)c1. The van der Waals surface area contributed by atoms with Crippen LogP contribution in [0.25, 0.3) is 0 Å². The lowest BCUT2D eigenvalue weighted by atomic mass is 10.1. The highest BCUT2D eigenvalue weighted by Gasteiger charge is 2.04. The van der Waals surface area contributed by atoms with Crippen molar-refractivity contribution in [3.63, 3.8) is 0 Å². The third-order valence-electron chi connectivity index (χ3n) is 3.76. The second-order valence-corrected chi connectivity index (χ2v) is 6.87. The zero-order valence-corrected chi connectivity index (χ0v) is 15.4. The second-order valence-electron chi connectivity index (χ2n) is 5.89. The number of hydrogen-bond acceptors (Lipinski definition) is 3. The van der Waals surface area contributed by atoms with Crippen LogP contribution in [0.5, 0.6) is 5.75 Å². The van der Waals surface area contributed by atoms with Gasteiger partial charge in [0.2, 0.25) is 5.91 Å². The first-order valence-corrected chi connectivity index (χ1v) is 9.31. The smallest absolute Gasteiger partial charge is 0.230 e.